The number of benzene rings is 2. The standard InChI is InChI=1S/C21H25.C10H17Si.C3H6.Zr/c1-20(2,3)16-7-9-18-14(12-16)11-15-13-17(21(4,5)6)8-10-19(15)18;1-8-6-9(2)10(7-8)11(3,4)5;1-3-2;/h7-13H,1-6H3;7-8H,1-5H3;1-2H3;. The molecule has 0 fully saturated rings. The summed E-state index contributed by atoms with van der Waals surface area (Å²) in [5, 5.41) is 1.72. The summed E-state index contributed by atoms with van der Waals surface area (Å²) in [5.74, 6) is 0.583. The second-order valence-corrected chi connectivity index (χ2v) is 26.9. The van der Waals surface area contributed by atoms with E-state index >= 15 is 0 Å². The first-order chi connectivity index (χ1) is 16.4. The third kappa shape index (κ3) is 4.87. The first-order valence-corrected chi connectivity index (χ1v) is 21.2. The van der Waals surface area contributed by atoms with Crippen LogP contribution in [0.3, 0.4) is 0 Å². The maximum atomic E-state index is 2.66. The summed E-state index contributed by atoms with van der Waals surface area (Å²) in [5.41, 5.74) is 11.1. The third-order valence-electron chi connectivity index (χ3n) is 8.35. The Morgan fingerprint density at radius 2 is 1.22 bits per heavy atom. The van der Waals surface area contributed by atoms with Crippen LogP contribution in [0.1, 0.15) is 95.1 Å². The zero-order valence-corrected chi connectivity index (χ0v) is 28.7. The van der Waals surface area contributed by atoms with E-state index in [2.05, 4.69) is 131 Å². The van der Waals surface area contributed by atoms with Crippen molar-refractivity contribution in [3.05, 3.63) is 78.8 Å². The van der Waals surface area contributed by atoms with Crippen molar-refractivity contribution in [3.8, 4) is 11.1 Å². The van der Waals surface area contributed by atoms with Gasteiger partial charge in [0.1, 0.15) is 0 Å². The Morgan fingerprint density at radius 1 is 0.778 bits per heavy atom. The molecule has 0 spiro atoms. The van der Waals surface area contributed by atoms with E-state index in [0.717, 1.165) is 0 Å². The summed E-state index contributed by atoms with van der Waals surface area (Å²) in [6.07, 6.45) is 2.66. The Hall–Kier alpha value is -1.11. The quantitative estimate of drug-likeness (QED) is 0.319. The first kappa shape index (κ1) is 27.9. The van der Waals surface area contributed by atoms with Crippen LogP contribution in [-0.4, -0.2) is 11.3 Å². The third-order valence-corrected chi connectivity index (χ3v) is 19.6. The minimum atomic E-state index is -2.29. The molecule has 0 bridgehead atoms. The fraction of sp³-hybridized carbons (Fsp3) is 0.500. The summed E-state index contributed by atoms with van der Waals surface area (Å²) in [6, 6.07) is 14.9. The van der Waals surface area contributed by atoms with Gasteiger partial charge in [-0.05, 0) is 0 Å². The van der Waals surface area contributed by atoms with Crippen molar-refractivity contribution in [3.63, 3.8) is 0 Å². The molecule has 1 unspecified atom stereocenters. The van der Waals surface area contributed by atoms with Crippen molar-refractivity contribution in [2.75, 3.05) is 0 Å². The molecule has 2 aromatic rings. The van der Waals surface area contributed by atoms with Crippen LogP contribution in [0.15, 0.2) is 56.5 Å². The molecule has 0 N–H and O–H groups in total. The van der Waals surface area contributed by atoms with E-state index in [1.54, 1.807) is 25.1 Å². The van der Waals surface area contributed by atoms with Gasteiger partial charge >= 0.3 is 232 Å². The Bertz CT molecular complexity index is 1240. The van der Waals surface area contributed by atoms with Crippen molar-refractivity contribution >= 4 is 11.3 Å². The van der Waals surface area contributed by atoms with Crippen LogP contribution in [0.4, 0.5) is 0 Å². The van der Waals surface area contributed by atoms with E-state index in [1.165, 1.54) is 22.3 Å². The predicted octanol–water partition coefficient (Wildman–Crippen LogP) is 9.91. The molecule has 0 saturated carbocycles. The van der Waals surface area contributed by atoms with Gasteiger partial charge < -0.3 is 0 Å². The summed E-state index contributed by atoms with van der Waals surface area (Å²) in [6.45, 7) is 31.6. The minimum absolute atomic E-state index is 0.155. The molecular weight excluding hydrogens is 528 g/mol. The molecule has 0 nitrogen and oxygen atoms in total. The van der Waals surface area contributed by atoms with Crippen molar-refractivity contribution in [1.82, 2.24) is 0 Å². The Balaban J connectivity index is 2.03. The summed E-state index contributed by atoms with van der Waals surface area (Å²) in [7, 11) is -1.38. The van der Waals surface area contributed by atoms with Gasteiger partial charge in [0.05, 0.1) is 0 Å². The maximum absolute atomic E-state index is 2.66. The molecule has 0 aliphatic heterocycles. The number of allylic oxidation sites excluding steroid dienone is 4. The van der Waals surface area contributed by atoms with Gasteiger partial charge in [-0.25, -0.2) is 0 Å². The Labute approximate surface area is 230 Å². The zero-order chi connectivity index (χ0) is 27.0. The van der Waals surface area contributed by atoms with Crippen molar-refractivity contribution in [2.24, 2.45) is 5.92 Å². The SMILES string of the molecule is CC1=[C]([Zr](=[C](C)C)[CH]2c3cc(C(C)(C)C)ccc3-c3ccc(C(C)(C)C)cc32)C(C)C=C1[Si](C)(C)C. The fourth-order valence-electron chi connectivity index (χ4n) is 6.42. The second kappa shape index (κ2) is 9.27. The molecule has 36 heavy (non-hydrogen) atoms. The van der Waals surface area contributed by atoms with Crippen LogP contribution in [0, 0.1) is 5.92 Å². The number of hydrogen-bond acceptors (Lipinski definition) is 0. The molecule has 0 radical (unpaired) electrons. The number of rotatable bonds is 3. The topological polar surface area (TPSA) is 0 Å². The van der Waals surface area contributed by atoms with Gasteiger partial charge in [0.2, 0.25) is 0 Å². The average molecular weight is 576 g/mol. The molecule has 2 aromatic carbocycles. The molecule has 0 saturated heterocycles. The van der Waals surface area contributed by atoms with Gasteiger partial charge in [-0.2, -0.15) is 0 Å². The van der Waals surface area contributed by atoms with Crippen LogP contribution >= 0.6 is 0 Å². The van der Waals surface area contributed by atoms with Gasteiger partial charge in [0.25, 0.3) is 0 Å². The average Bonchev–Trinajstić information content (AvgIpc) is 3.21. The molecule has 2 aliphatic carbocycles. The van der Waals surface area contributed by atoms with Crippen LogP contribution < -0.4 is 0 Å². The van der Waals surface area contributed by atoms with E-state index < -0.39 is 29.3 Å². The van der Waals surface area contributed by atoms with Gasteiger partial charge in [-0.15, -0.1) is 0 Å². The second-order valence-electron chi connectivity index (χ2n) is 14.6. The van der Waals surface area contributed by atoms with Crippen molar-refractivity contribution in [2.45, 2.75) is 103 Å². The number of hydrogen-bond donors (Lipinski definition) is 0. The van der Waals surface area contributed by atoms with E-state index in [0.29, 0.717) is 9.54 Å². The number of fused-ring (bicyclic) bond motifs is 3. The fourth-order valence-corrected chi connectivity index (χ4v) is 17.7. The van der Waals surface area contributed by atoms with Gasteiger partial charge in [-0.1, -0.05) is 0 Å². The van der Waals surface area contributed by atoms with Crippen molar-refractivity contribution in [1.29, 1.82) is 0 Å². The molecule has 0 heterocycles. The molecule has 192 valence electrons. The van der Waals surface area contributed by atoms with Crippen LogP contribution in [0.2, 0.25) is 19.6 Å². The molecule has 1 atom stereocenters. The Kier molecular flexibility index (Phi) is 7.19. The predicted molar refractivity (Wildman–Crippen MR) is 161 cm³/mol. The van der Waals surface area contributed by atoms with Gasteiger partial charge in [0.15, 0.2) is 0 Å². The summed E-state index contributed by atoms with van der Waals surface area (Å²) >= 11 is -2.29. The normalized spacial score (nSPS) is 18.4. The summed E-state index contributed by atoms with van der Waals surface area (Å²) in [4.78, 5) is 0. The Morgan fingerprint density at radius 3 is 1.56 bits per heavy atom. The molecule has 2 heteroatoms. The molecule has 4 rings (SSSR count). The molecular formula is C34H48SiZr. The monoisotopic (exact) mass is 574 g/mol. The van der Waals surface area contributed by atoms with E-state index in [4.69, 9.17) is 0 Å². The van der Waals surface area contributed by atoms with Gasteiger partial charge in [-0.3, -0.25) is 0 Å². The van der Waals surface area contributed by atoms with Crippen LogP contribution in [0.25, 0.3) is 11.1 Å². The van der Waals surface area contributed by atoms with E-state index in [1.807, 2.05) is 3.28 Å². The van der Waals surface area contributed by atoms with Gasteiger partial charge in [0, 0.05) is 0 Å². The van der Waals surface area contributed by atoms with Crippen molar-refractivity contribution < 1.29 is 21.3 Å². The first-order valence-electron chi connectivity index (χ1n) is 13.8. The summed E-state index contributed by atoms with van der Waals surface area (Å²) < 4.78 is 4.16. The molecule has 0 aromatic heterocycles. The molecule has 0 amide bonds. The zero-order valence-electron chi connectivity index (χ0n) is 25.2. The molecule has 2 aliphatic rings. The van der Waals surface area contributed by atoms with Crippen LogP contribution in [-0.2, 0) is 32.1 Å². The van der Waals surface area contributed by atoms with E-state index in [9.17, 15) is 0 Å². The van der Waals surface area contributed by atoms with E-state index in [-0.39, 0.29) is 10.8 Å². The van der Waals surface area contributed by atoms with Crippen LogP contribution in [0.5, 0.6) is 0 Å².